The highest BCUT2D eigenvalue weighted by Crippen LogP contribution is 2.17. The molecule has 1 aliphatic rings. The first-order chi connectivity index (χ1) is 15.6. The number of anilines is 1. The van der Waals surface area contributed by atoms with Crippen molar-refractivity contribution >= 4 is 17.6 Å². The molecule has 0 N–H and O–H groups in total. The molecule has 1 atom stereocenters. The fourth-order valence-corrected chi connectivity index (χ4v) is 3.55. The minimum atomic E-state index is -0.476. The standard InChI is InChI=1S/C14H21NO.C13H25NO3/c1-2-3-4-13-5-7-14(8-6-13)15-9-11-16-12-10-15;1-7-11(10(2)15)8-9-14(6)12(16)17-13(3,4)5/h5-8H,2-4,9-12H2,1H3;11H,7-9H2,1-6H3. The van der Waals surface area contributed by atoms with Crippen molar-refractivity contribution in [1.29, 1.82) is 0 Å². The fraction of sp³-hybridized carbons (Fsp3) is 0.704. The summed E-state index contributed by atoms with van der Waals surface area (Å²) in [5.41, 5.74) is 2.32. The van der Waals surface area contributed by atoms with E-state index in [1.54, 1.807) is 14.0 Å². The molecule has 0 spiro atoms. The smallest absolute Gasteiger partial charge is 0.410 e. The summed E-state index contributed by atoms with van der Waals surface area (Å²) in [6, 6.07) is 9.02. The average molecular weight is 463 g/mol. The SMILES string of the molecule is CCC(CCN(C)C(=O)OC(C)(C)C)C(C)=O.CCCCc1ccc(N2CCOCC2)cc1. The van der Waals surface area contributed by atoms with Gasteiger partial charge < -0.3 is 19.3 Å². The number of aryl methyl sites for hydroxylation is 1. The number of hydrogen-bond acceptors (Lipinski definition) is 5. The lowest BCUT2D eigenvalue weighted by Crippen LogP contribution is -2.36. The van der Waals surface area contributed by atoms with Crippen molar-refractivity contribution in [2.75, 3.05) is 44.8 Å². The first-order valence-corrected chi connectivity index (χ1v) is 12.4. The summed E-state index contributed by atoms with van der Waals surface area (Å²) < 4.78 is 10.6. The number of ketones is 1. The summed E-state index contributed by atoms with van der Waals surface area (Å²) in [5, 5.41) is 0. The van der Waals surface area contributed by atoms with Crippen molar-refractivity contribution in [2.45, 2.75) is 79.2 Å². The number of ether oxygens (including phenoxy) is 2. The van der Waals surface area contributed by atoms with Gasteiger partial charge in [0.05, 0.1) is 13.2 Å². The number of morpholine rings is 1. The lowest BCUT2D eigenvalue weighted by atomic mass is 9.98. The second-order valence-corrected chi connectivity index (χ2v) is 9.78. The summed E-state index contributed by atoms with van der Waals surface area (Å²) in [4.78, 5) is 26.8. The van der Waals surface area contributed by atoms with E-state index < -0.39 is 5.60 Å². The fourth-order valence-electron chi connectivity index (χ4n) is 3.55. The van der Waals surface area contributed by atoms with Crippen molar-refractivity contribution in [3.8, 4) is 0 Å². The Hall–Kier alpha value is -2.08. The molecule has 0 bridgehead atoms. The lowest BCUT2D eigenvalue weighted by molar-refractivity contribution is -0.121. The molecule has 0 saturated carbocycles. The zero-order valence-corrected chi connectivity index (χ0v) is 22.0. The van der Waals surface area contributed by atoms with Gasteiger partial charge in [-0.05, 0) is 71.1 Å². The Morgan fingerprint density at radius 2 is 1.73 bits per heavy atom. The Morgan fingerprint density at radius 3 is 2.21 bits per heavy atom. The molecule has 1 aromatic rings. The second-order valence-electron chi connectivity index (χ2n) is 9.78. The van der Waals surface area contributed by atoms with Crippen LogP contribution in [0.1, 0.15) is 72.8 Å². The topological polar surface area (TPSA) is 59.1 Å². The molecule has 1 fully saturated rings. The van der Waals surface area contributed by atoms with E-state index in [1.165, 1.54) is 35.4 Å². The largest absolute Gasteiger partial charge is 0.444 e. The van der Waals surface area contributed by atoms with Gasteiger partial charge in [0, 0.05) is 38.3 Å². The molecule has 1 amide bonds. The molecule has 2 rings (SSSR count). The number of nitrogens with zero attached hydrogens (tertiary/aromatic N) is 2. The quantitative estimate of drug-likeness (QED) is 0.469. The molecule has 1 saturated heterocycles. The van der Waals surface area contributed by atoms with Crippen LogP contribution < -0.4 is 4.90 Å². The van der Waals surface area contributed by atoms with Gasteiger partial charge >= 0.3 is 6.09 Å². The van der Waals surface area contributed by atoms with Crippen LogP contribution in [-0.2, 0) is 20.7 Å². The van der Waals surface area contributed by atoms with Crippen LogP contribution in [-0.4, -0.2) is 62.3 Å². The Balaban J connectivity index is 0.000000330. The maximum Gasteiger partial charge on any atom is 0.410 e. The molecule has 0 aliphatic carbocycles. The van der Waals surface area contributed by atoms with Crippen LogP contribution in [0.4, 0.5) is 10.5 Å². The van der Waals surface area contributed by atoms with Gasteiger partial charge in [0.2, 0.25) is 0 Å². The summed E-state index contributed by atoms with van der Waals surface area (Å²) in [6.45, 7) is 15.6. The number of Topliss-reactive ketones (excluding diaryl/α,β-unsaturated/α-hetero) is 1. The van der Waals surface area contributed by atoms with Gasteiger partial charge in [-0.2, -0.15) is 0 Å². The third kappa shape index (κ3) is 12.1. The van der Waals surface area contributed by atoms with Crippen LogP contribution in [0, 0.1) is 5.92 Å². The Bertz CT molecular complexity index is 691. The number of amides is 1. The molecule has 0 aromatic heterocycles. The van der Waals surface area contributed by atoms with E-state index in [2.05, 4.69) is 36.1 Å². The maximum atomic E-state index is 11.6. The summed E-state index contributed by atoms with van der Waals surface area (Å²) in [6.07, 6.45) is 4.94. The summed E-state index contributed by atoms with van der Waals surface area (Å²) in [5.74, 6) is 0.227. The predicted octanol–water partition coefficient (Wildman–Crippen LogP) is 5.72. The minimum Gasteiger partial charge on any atom is -0.444 e. The molecule has 0 radical (unpaired) electrons. The molecule has 1 unspecified atom stereocenters. The normalized spacial score (nSPS) is 14.7. The summed E-state index contributed by atoms with van der Waals surface area (Å²) >= 11 is 0. The third-order valence-corrected chi connectivity index (χ3v) is 5.72. The van der Waals surface area contributed by atoms with Gasteiger partial charge in [0.15, 0.2) is 0 Å². The van der Waals surface area contributed by atoms with Gasteiger partial charge in [-0.15, -0.1) is 0 Å². The molecule has 6 heteroatoms. The Morgan fingerprint density at radius 1 is 1.12 bits per heavy atom. The van der Waals surface area contributed by atoms with Gasteiger partial charge in [-0.3, -0.25) is 4.79 Å². The lowest BCUT2D eigenvalue weighted by Gasteiger charge is -2.28. The molecule has 188 valence electrons. The second kappa shape index (κ2) is 14.9. The number of unbranched alkanes of at least 4 members (excludes halogenated alkanes) is 1. The minimum absolute atomic E-state index is 0.0416. The molecule has 1 heterocycles. The zero-order chi connectivity index (χ0) is 24.9. The van der Waals surface area contributed by atoms with E-state index >= 15 is 0 Å². The Kier molecular flexibility index (Phi) is 13.1. The highest BCUT2D eigenvalue weighted by Gasteiger charge is 2.21. The number of carbonyl (C=O) groups excluding carboxylic acids is 2. The number of hydrogen-bond donors (Lipinski definition) is 0. The number of rotatable bonds is 9. The van der Waals surface area contributed by atoms with E-state index in [1.807, 2.05) is 27.7 Å². The van der Waals surface area contributed by atoms with Gasteiger partial charge in [0.25, 0.3) is 0 Å². The predicted molar refractivity (Wildman–Crippen MR) is 136 cm³/mol. The van der Waals surface area contributed by atoms with Crippen LogP contribution in [0.2, 0.25) is 0 Å². The van der Waals surface area contributed by atoms with Crippen molar-refractivity contribution in [3.63, 3.8) is 0 Å². The molecule has 1 aromatic carbocycles. The van der Waals surface area contributed by atoms with Crippen LogP contribution in [0.15, 0.2) is 24.3 Å². The Labute approximate surface area is 201 Å². The summed E-state index contributed by atoms with van der Waals surface area (Å²) in [7, 11) is 1.70. The van der Waals surface area contributed by atoms with Crippen LogP contribution in [0.5, 0.6) is 0 Å². The van der Waals surface area contributed by atoms with E-state index in [4.69, 9.17) is 9.47 Å². The zero-order valence-electron chi connectivity index (χ0n) is 22.0. The van der Waals surface area contributed by atoms with E-state index in [-0.39, 0.29) is 17.8 Å². The maximum absolute atomic E-state index is 11.6. The van der Waals surface area contributed by atoms with Crippen molar-refractivity contribution in [2.24, 2.45) is 5.92 Å². The number of benzene rings is 1. The first-order valence-electron chi connectivity index (χ1n) is 12.4. The van der Waals surface area contributed by atoms with Gasteiger partial charge in [-0.1, -0.05) is 32.4 Å². The van der Waals surface area contributed by atoms with Gasteiger partial charge in [0.1, 0.15) is 11.4 Å². The van der Waals surface area contributed by atoms with Crippen molar-refractivity contribution in [3.05, 3.63) is 29.8 Å². The molecular weight excluding hydrogens is 416 g/mol. The monoisotopic (exact) mass is 462 g/mol. The van der Waals surface area contributed by atoms with E-state index in [0.717, 1.165) is 32.7 Å². The van der Waals surface area contributed by atoms with E-state index in [9.17, 15) is 9.59 Å². The average Bonchev–Trinajstić information content (AvgIpc) is 2.78. The third-order valence-electron chi connectivity index (χ3n) is 5.72. The van der Waals surface area contributed by atoms with Gasteiger partial charge in [-0.25, -0.2) is 4.79 Å². The van der Waals surface area contributed by atoms with Crippen LogP contribution in [0.3, 0.4) is 0 Å². The van der Waals surface area contributed by atoms with Crippen molar-refractivity contribution < 1.29 is 19.1 Å². The first kappa shape index (κ1) is 29.0. The molecule has 1 aliphatic heterocycles. The molecular formula is C27H46N2O4. The molecule has 33 heavy (non-hydrogen) atoms. The highest BCUT2D eigenvalue weighted by atomic mass is 16.6. The van der Waals surface area contributed by atoms with Crippen LogP contribution >= 0.6 is 0 Å². The highest BCUT2D eigenvalue weighted by molar-refractivity contribution is 5.78. The van der Waals surface area contributed by atoms with E-state index in [0.29, 0.717) is 13.0 Å². The van der Waals surface area contributed by atoms with Crippen molar-refractivity contribution in [1.82, 2.24) is 4.90 Å². The van der Waals surface area contributed by atoms with Crippen LogP contribution in [0.25, 0.3) is 0 Å². The number of carbonyl (C=O) groups is 2. The molecule has 6 nitrogen and oxygen atoms in total.